The SMILES string of the molecule is Cc1noc(C)c1CNC(=O)c1ccc(CCl)cc1. The zero-order chi connectivity index (χ0) is 13.8. The summed E-state index contributed by atoms with van der Waals surface area (Å²) >= 11 is 5.70. The number of carbonyl (C=O) groups excluding carboxylic acids is 1. The zero-order valence-corrected chi connectivity index (χ0v) is 11.6. The van der Waals surface area contributed by atoms with Gasteiger partial charge >= 0.3 is 0 Å². The fourth-order valence-corrected chi connectivity index (χ4v) is 1.95. The van der Waals surface area contributed by atoms with E-state index in [0.29, 0.717) is 18.0 Å². The first-order chi connectivity index (χ1) is 9.11. The molecule has 1 aromatic heterocycles. The molecule has 0 saturated heterocycles. The lowest BCUT2D eigenvalue weighted by molar-refractivity contribution is 0.0951. The zero-order valence-electron chi connectivity index (χ0n) is 10.9. The van der Waals surface area contributed by atoms with Crippen LogP contribution in [0.4, 0.5) is 0 Å². The highest BCUT2D eigenvalue weighted by Gasteiger charge is 2.11. The van der Waals surface area contributed by atoms with Crippen molar-refractivity contribution in [2.24, 2.45) is 0 Å². The van der Waals surface area contributed by atoms with Crippen LogP contribution in [0, 0.1) is 13.8 Å². The van der Waals surface area contributed by atoms with Gasteiger partial charge in [-0.3, -0.25) is 4.79 Å². The molecule has 0 unspecified atom stereocenters. The lowest BCUT2D eigenvalue weighted by Gasteiger charge is -2.05. The van der Waals surface area contributed by atoms with E-state index in [0.717, 1.165) is 22.6 Å². The molecular weight excluding hydrogens is 264 g/mol. The summed E-state index contributed by atoms with van der Waals surface area (Å²) in [5.74, 6) is 1.05. The fraction of sp³-hybridized carbons (Fsp3) is 0.286. The van der Waals surface area contributed by atoms with Crippen LogP contribution in [0.1, 0.15) is 32.9 Å². The molecule has 1 N–H and O–H groups in total. The van der Waals surface area contributed by atoms with E-state index >= 15 is 0 Å². The standard InChI is InChI=1S/C14H15ClN2O2/c1-9-13(10(2)19-17-9)8-16-14(18)12-5-3-11(7-15)4-6-12/h3-6H,7-8H2,1-2H3,(H,16,18). The van der Waals surface area contributed by atoms with Crippen LogP contribution in [0.15, 0.2) is 28.8 Å². The highest BCUT2D eigenvalue weighted by atomic mass is 35.5. The third-order valence-corrected chi connectivity index (χ3v) is 3.29. The molecule has 0 aliphatic rings. The molecule has 19 heavy (non-hydrogen) atoms. The van der Waals surface area contributed by atoms with Gasteiger partial charge in [-0.25, -0.2) is 0 Å². The summed E-state index contributed by atoms with van der Waals surface area (Å²) in [6.07, 6.45) is 0. The van der Waals surface area contributed by atoms with E-state index < -0.39 is 0 Å². The topological polar surface area (TPSA) is 55.1 Å². The Labute approximate surface area is 116 Å². The molecule has 5 heteroatoms. The Morgan fingerprint density at radius 3 is 2.53 bits per heavy atom. The molecule has 0 radical (unpaired) electrons. The van der Waals surface area contributed by atoms with E-state index in [1.54, 1.807) is 12.1 Å². The van der Waals surface area contributed by atoms with Crippen molar-refractivity contribution in [1.29, 1.82) is 0 Å². The van der Waals surface area contributed by atoms with Gasteiger partial charge in [-0.05, 0) is 31.5 Å². The van der Waals surface area contributed by atoms with Crippen molar-refractivity contribution in [2.45, 2.75) is 26.3 Å². The molecule has 1 aromatic carbocycles. The number of alkyl halides is 1. The van der Waals surface area contributed by atoms with Crippen LogP contribution in [-0.2, 0) is 12.4 Å². The molecule has 1 heterocycles. The molecule has 1 amide bonds. The van der Waals surface area contributed by atoms with Gasteiger partial charge in [0.2, 0.25) is 0 Å². The Morgan fingerprint density at radius 1 is 1.32 bits per heavy atom. The van der Waals surface area contributed by atoms with Crippen LogP contribution < -0.4 is 5.32 Å². The largest absolute Gasteiger partial charge is 0.361 e. The fourth-order valence-electron chi connectivity index (χ4n) is 1.77. The molecule has 0 atom stereocenters. The third-order valence-electron chi connectivity index (χ3n) is 2.98. The van der Waals surface area contributed by atoms with Crippen molar-refractivity contribution in [1.82, 2.24) is 10.5 Å². The molecular formula is C14H15ClN2O2. The first-order valence-corrected chi connectivity index (χ1v) is 6.50. The molecule has 2 aromatic rings. The number of carbonyl (C=O) groups is 1. The monoisotopic (exact) mass is 278 g/mol. The van der Waals surface area contributed by atoms with Gasteiger partial charge < -0.3 is 9.84 Å². The summed E-state index contributed by atoms with van der Waals surface area (Å²) < 4.78 is 5.05. The van der Waals surface area contributed by atoms with Crippen molar-refractivity contribution in [3.05, 3.63) is 52.4 Å². The smallest absolute Gasteiger partial charge is 0.251 e. The Kier molecular flexibility index (Phi) is 4.22. The van der Waals surface area contributed by atoms with E-state index in [2.05, 4.69) is 10.5 Å². The maximum absolute atomic E-state index is 12.0. The van der Waals surface area contributed by atoms with Crippen molar-refractivity contribution in [3.63, 3.8) is 0 Å². The van der Waals surface area contributed by atoms with Gasteiger partial charge in [-0.2, -0.15) is 0 Å². The van der Waals surface area contributed by atoms with Crippen LogP contribution in [0.3, 0.4) is 0 Å². The predicted octanol–water partition coefficient (Wildman–Crippen LogP) is 2.96. The second kappa shape index (κ2) is 5.89. The number of hydrogen-bond acceptors (Lipinski definition) is 3. The lowest BCUT2D eigenvalue weighted by Crippen LogP contribution is -2.23. The molecule has 0 aliphatic carbocycles. The molecule has 0 saturated carbocycles. The van der Waals surface area contributed by atoms with E-state index in [1.807, 2.05) is 26.0 Å². The first-order valence-electron chi connectivity index (χ1n) is 5.96. The van der Waals surface area contributed by atoms with E-state index in [1.165, 1.54) is 0 Å². The maximum atomic E-state index is 12.0. The average Bonchev–Trinajstić information content (AvgIpc) is 2.75. The summed E-state index contributed by atoms with van der Waals surface area (Å²) in [5, 5.41) is 6.70. The predicted molar refractivity (Wildman–Crippen MR) is 73.1 cm³/mol. The van der Waals surface area contributed by atoms with E-state index in [-0.39, 0.29) is 5.91 Å². The molecule has 0 spiro atoms. The summed E-state index contributed by atoms with van der Waals surface area (Å²) in [6.45, 7) is 4.10. The second-order valence-electron chi connectivity index (χ2n) is 4.32. The van der Waals surface area contributed by atoms with Crippen molar-refractivity contribution >= 4 is 17.5 Å². The Bertz CT molecular complexity index is 556. The number of halogens is 1. The third kappa shape index (κ3) is 3.15. The highest BCUT2D eigenvalue weighted by molar-refractivity contribution is 6.17. The van der Waals surface area contributed by atoms with Gasteiger partial charge in [0.25, 0.3) is 5.91 Å². The van der Waals surface area contributed by atoms with Crippen molar-refractivity contribution in [3.8, 4) is 0 Å². The van der Waals surface area contributed by atoms with Gasteiger partial charge in [-0.15, -0.1) is 11.6 Å². The summed E-state index contributed by atoms with van der Waals surface area (Å²) in [5.41, 5.74) is 3.32. The van der Waals surface area contributed by atoms with Crippen LogP contribution in [0.5, 0.6) is 0 Å². The minimum Gasteiger partial charge on any atom is -0.361 e. The first kappa shape index (κ1) is 13.6. The van der Waals surface area contributed by atoms with Crippen molar-refractivity contribution in [2.75, 3.05) is 0 Å². The van der Waals surface area contributed by atoms with E-state index in [4.69, 9.17) is 16.1 Å². The normalized spacial score (nSPS) is 10.5. The number of nitrogens with one attached hydrogen (secondary N) is 1. The van der Waals surface area contributed by atoms with Gasteiger partial charge in [-0.1, -0.05) is 17.3 Å². The van der Waals surface area contributed by atoms with Crippen LogP contribution in [0.25, 0.3) is 0 Å². The van der Waals surface area contributed by atoms with Crippen molar-refractivity contribution < 1.29 is 9.32 Å². The molecule has 0 aliphatic heterocycles. The van der Waals surface area contributed by atoms with Gasteiger partial charge in [0, 0.05) is 23.6 Å². The van der Waals surface area contributed by atoms with Gasteiger partial charge in [0.05, 0.1) is 5.69 Å². The summed E-state index contributed by atoms with van der Waals surface area (Å²) in [6, 6.07) is 7.22. The number of benzene rings is 1. The molecule has 100 valence electrons. The van der Waals surface area contributed by atoms with E-state index in [9.17, 15) is 4.79 Å². The Hall–Kier alpha value is -1.81. The number of rotatable bonds is 4. The number of nitrogens with zero attached hydrogens (tertiary/aromatic N) is 1. The molecule has 0 fully saturated rings. The second-order valence-corrected chi connectivity index (χ2v) is 4.58. The summed E-state index contributed by atoms with van der Waals surface area (Å²) in [4.78, 5) is 12.0. The highest BCUT2D eigenvalue weighted by Crippen LogP contribution is 2.12. The minimum absolute atomic E-state index is 0.124. The van der Waals surface area contributed by atoms with Gasteiger partial charge in [0.15, 0.2) is 0 Å². The number of aromatic nitrogens is 1. The van der Waals surface area contributed by atoms with Crippen LogP contribution in [-0.4, -0.2) is 11.1 Å². The summed E-state index contributed by atoms with van der Waals surface area (Å²) in [7, 11) is 0. The van der Waals surface area contributed by atoms with Crippen LogP contribution >= 0.6 is 11.6 Å². The average molecular weight is 279 g/mol. The van der Waals surface area contributed by atoms with Crippen LogP contribution in [0.2, 0.25) is 0 Å². The quantitative estimate of drug-likeness (QED) is 0.875. The molecule has 0 bridgehead atoms. The Balaban J connectivity index is 2.01. The van der Waals surface area contributed by atoms with Gasteiger partial charge in [0.1, 0.15) is 5.76 Å². The molecule has 2 rings (SSSR count). The minimum atomic E-state index is -0.124. The maximum Gasteiger partial charge on any atom is 0.251 e. The number of aryl methyl sites for hydroxylation is 2. The Morgan fingerprint density at radius 2 is 2.00 bits per heavy atom. The molecule has 4 nitrogen and oxygen atoms in total. The lowest BCUT2D eigenvalue weighted by atomic mass is 10.1. The number of amides is 1. The number of hydrogen-bond donors (Lipinski definition) is 1.